The number of aromatic nitrogens is 2. The van der Waals surface area contributed by atoms with Gasteiger partial charge in [-0.1, -0.05) is 6.92 Å². The van der Waals surface area contributed by atoms with Crippen molar-refractivity contribution in [2.24, 2.45) is 5.92 Å². The van der Waals surface area contributed by atoms with Crippen LogP contribution < -0.4 is 15.4 Å². The van der Waals surface area contributed by atoms with Crippen molar-refractivity contribution in [3.05, 3.63) is 6.33 Å². The number of hydrogen-bond acceptors (Lipinski definition) is 5. The fourth-order valence-corrected chi connectivity index (χ4v) is 2.86. The van der Waals surface area contributed by atoms with Crippen LogP contribution in [0.15, 0.2) is 6.33 Å². The van der Waals surface area contributed by atoms with Gasteiger partial charge >= 0.3 is 0 Å². The van der Waals surface area contributed by atoms with Crippen molar-refractivity contribution in [2.75, 3.05) is 17.7 Å². The van der Waals surface area contributed by atoms with Crippen molar-refractivity contribution in [3.63, 3.8) is 0 Å². The molecule has 102 valence electrons. The van der Waals surface area contributed by atoms with E-state index in [0.29, 0.717) is 23.3 Å². The lowest BCUT2D eigenvalue weighted by Crippen LogP contribution is -2.54. The van der Waals surface area contributed by atoms with E-state index in [4.69, 9.17) is 4.74 Å². The summed E-state index contributed by atoms with van der Waals surface area (Å²) in [4.78, 5) is 20.6. The van der Waals surface area contributed by atoms with E-state index in [2.05, 4.69) is 27.5 Å². The number of fused-ring (bicyclic) bond motifs is 1. The Morgan fingerprint density at radius 1 is 1.37 bits per heavy atom. The predicted molar refractivity (Wildman–Crippen MR) is 71.2 cm³/mol. The summed E-state index contributed by atoms with van der Waals surface area (Å²) >= 11 is 0. The van der Waals surface area contributed by atoms with Crippen LogP contribution in [-0.4, -0.2) is 28.5 Å². The molecule has 2 heterocycles. The second kappa shape index (κ2) is 4.36. The summed E-state index contributed by atoms with van der Waals surface area (Å²) in [6, 6.07) is 0. The zero-order chi connectivity index (χ0) is 13.5. The standard InChI is InChI=1S/C13H18N4O2/c1-8-3-5-13(6-4-8)12(18)16-9-10(17-13)14-7-15-11(9)19-2/h7-8H,3-6H2,1-2H3,(H,16,18)(H,14,15,17). The van der Waals surface area contributed by atoms with Crippen LogP contribution in [0.3, 0.4) is 0 Å². The molecule has 1 aromatic rings. The van der Waals surface area contributed by atoms with Gasteiger partial charge in [-0.05, 0) is 31.6 Å². The highest BCUT2D eigenvalue weighted by Crippen LogP contribution is 2.41. The van der Waals surface area contributed by atoms with Gasteiger partial charge in [-0.25, -0.2) is 4.98 Å². The van der Waals surface area contributed by atoms with Crippen LogP contribution in [0.5, 0.6) is 5.88 Å². The van der Waals surface area contributed by atoms with Crippen LogP contribution in [0.2, 0.25) is 0 Å². The monoisotopic (exact) mass is 262 g/mol. The molecule has 0 aromatic carbocycles. The minimum absolute atomic E-state index is 0.000000000000000666. The molecule has 1 aliphatic heterocycles. The number of nitrogens with zero attached hydrogens (tertiary/aromatic N) is 2. The number of methoxy groups -OCH3 is 1. The largest absolute Gasteiger partial charge is 0.479 e. The van der Waals surface area contributed by atoms with Gasteiger partial charge in [0, 0.05) is 0 Å². The number of rotatable bonds is 1. The molecule has 0 radical (unpaired) electrons. The lowest BCUT2D eigenvalue weighted by Gasteiger charge is -2.42. The third-order valence-corrected chi connectivity index (χ3v) is 4.16. The van der Waals surface area contributed by atoms with Gasteiger partial charge in [0.15, 0.2) is 5.82 Å². The smallest absolute Gasteiger partial charge is 0.250 e. The third kappa shape index (κ3) is 1.91. The van der Waals surface area contributed by atoms with E-state index >= 15 is 0 Å². The van der Waals surface area contributed by atoms with Crippen LogP contribution in [-0.2, 0) is 4.79 Å². The van der Waals surface area contributed by atoms with Gasteiger partial charge < -0.3 is 15.4 Å². The first-order valence-corrected chi connectivity index (χ1v) is 6.63. The van der Waals surface area contributed by atoms with Crippen molar-refractivity contribution >= 4 is 17.4 Å². The fourth-order valence-electron chi connectivity index (χ4n) is 2.86. The number of amides is 1. The van der Waals surface area contributed by atoms with Gasteiger partial charge in [-0.2, -0.15) is 4.98 Å². The van der Waals surface area contributed by atoms with Crippen LogP contribution in [0.25, 0.3) is 0 Å². The molecule has 1 aliphatic carbocycles. The minimum Gasteiger partial charge on any atom is -0.479 e. The van der Waals surface area contributed by atoms with Gasteiger partial charge in [0.25, 0.3) is 0 Å². The molecule has 0 saturated heterocycles. The summed E-state index contributed by atoms with van der Waals surface area (Å²) in [5.74, 6) is 1.73. The average Bonchev–Trinajstić information content (AvgIpc) is 2.43. The molecule has 0 unspecified atom stereocenters. The van der Waals surface area contributed by atoms with Crippen molar-refractivity contribution in [1.82, 2.24) is 9.97 Å². The zero-order valence-electron chi connectivity index (χ0n) is 11.2. The van der Waals surface area contributed by atoms with Crippen molar-refractivity contribution in [1.29, 1.82) is 0 Å². The first kappa shape index (κ1) is 12.2. The number of anilines is 2. The molecule has 1 amide bonds. The lowest BCUT2D eigenvalue weighted by molar-refractivity contribution is -0.121. The Hall–Kier alpha value is -1.85. The molecule has 2 N–H and O–H groups in total. The van der Waals surface area contributed by atoms with Crippen LogP contribution >= 0.6 is 0 Å². The Morgan fingerprint density at radius 2 is 2.11 bits per heavy atom. The molecular weight excluding hydrogens is 244 g/mol. The van der Waals surface area contributed by atoms with Crippen LogP contribution in [0.4, 0.5) is 11.5 Å². The van der Waals surface area contributed by atoms with Gasteiger partial charge in [-0.15, -0.1) is 0 Å². The number of carbonyl (C=O) groups is 1. The topological polar surface area (TPSA) is 76.1 Å². The van der Waals surface area contributed by atoms with Crippen molar-refractivity contribution in [2.45, 2.75) is 38.1 Å². The summed E-state index contributed by atoms with van der Waals surface area (Å²) in [5, 5.41) is 6.22. The van der Waals surface area contributed by atoms with Gasteiger partial charge in [0.2, 0.25) is 11.8 Å². The first-order chi connectivity index (χ1) is 9.14. The SMILES string of the molecule is COc1ncnc2c1NC(=O)C1(CCC(C)CC1)N2. The quantitative estimate of drug-likeness (QED) is 0.807. The first-order valence-electron chi connectivity index (χ1n) is 6.63. The predicted octanol–water partition coefficient (Wildman–Crippen LogP) is 1.80. The highest BCUT2D eigenvalue weighted by Gasteiger charge is 2.45. The van der Waals surface area contributed by atoms with Gasteiger partial charge in [0.05, 0.1) is 7.11 Å². The fraction of sp³-hybridized carbons (Fsp3) is 0.615. The molecule has 19 heavy (non-hydrogen) atoms. The molecule has 0 bridgehead atoms. The van der Waals surface area contributed by atoms with Gasteiger partial charge in [-0.3, -0.25) is 4.79 Å². The molecule has 1 spiro atoms. The molecule has 6 heteroatoms. The van der Waals surface area contributed by atoms with Crippen molar-refractivity contribution < 1.29 is 9.53 Å². The molecule has 1 aromatic heterocycles. The molecule has 0 atom stereocenters. The Balaban J connectivity index is 1.94. The number of carbonyl (C=O) groups excluding carboxylic acids is 1. The normalized spacial score (nSPS) is 29.4. The van der Waals surface area contributed by atoms with E-state index in [9.17, 15) is 4.79 Å². The summed E-state index contributed by atoms with van der Waals surface area (Å²) < 4.78 is 5.15. The maximum Gasteiger partial charge on any atom is 0.250 e. The number of ether oxygens (including phenoxy) is 1. The van der Waals surface area contributed by atoms with E-state index in [0.717, 1.165) is 25.7 Å². The molecule has 2 aliphatic rings. The van der Waals surface area contributed by atoms with E-state index in [1.165, 1.54) is 13.4 Å². The summed E-state index contributed by atoms with van der Waals surface area (Å²) in [7, 11) is 1.53. The highest BCUT2D eigenvalue weighted by molar-refractivity contribution is 6.06. The van der Waals surface area contributed by atoms with Gasteiger partial charge in [0.1, 0.15) is 17.6 Å². The van der Waals surface area contributed by atoms with Crippen LogP contribution in [0, 0.1) is 5.92 Å². The molecule has 6 nitrogen and oxygen atoms in total. The average molecular weight is 262 g/mol. The Bertz CT molecular complexity index is 509. The third-order valence-electron chi connectivity index (χ3n) is 4.16. The maximum absolute atomic E-state index is 12.4. The van der Waals surface area contributed by atoms with E-state index in [1.54, 1.807) is 0 Å². The minimum atomic E-state index is -0.515. The summed E-state index contributed by atoms with van der Waals surface area (Å²) in [6.45, 7) is 2.23. The summed E-state index contributed by atoms with van der Waals surface area (Å²) in [6.07, 6.45) is 5.23. The van der Waals surface area contributed by atoms with Crippen molar-refractivity contribution in [3.8, 4) is 5.88 Å². The lowest BCUT2D eigenvalue weighted by atomic mass is 9.76. The Morgan fingerprint density at radius 3 is 2.79 bits per heavy atom. The molecule has 1 fully saturated rings. The molecule has 1 saturated carbocycles. The van der Waals surface area contributed by atoms with E-state index in [-0.39, 0.29) is 5.91 Å². The van der Waals surface area contributed by atoms with E-state index < -0.39 is 5.54 Å². The molecular formula is C13H18N4O2. The number of hydrogen-bond donors (Lipinski definition) is 2. The maximum atomic E-state index is 12.4. The molecule has 3 rings (SSSR count). The van der Waals surface area contributed by atoms with E-state index in [1.807, 2.05) is 0 Å². The highest BCUT2D eigenvalue weighted by atomic mass is 16.5. The van der Waals surface area contributed by atoms with Crippen LogP contribution in [0.1, 0.15) is 32.6 Å². The zero-order valence-corrected chi connectivity index (χ0v) is 11.2. The summed E-state index contributed by atoms with van der Waals surface area (Å²) in [5.41, 5.74) is 0.0260. The Labute approximate surface area is 112 Å². The Kier molecular flexibility index (Phi) is 2.80. The second-order valence-corrected chi connectivity index (χ2v) is 5.45. The number of nitrogens with one attached hydrogen (secondary N) is 2. The second-order valence-electron chi connectivity index (χ2n) is 5.45.